The van der Waals surface area contributed by atoms with Crippen molar-refractivity contribution >= 4 is 0 Å². The molecule has 14 N–H and O–H groups in total. The van der Waals surface area contributed by atoms with Crippen molar-refractivity contribution in [1.29, 1.82) is 0 Å². The molecule has 20 heteroatoms. The van der Waals surface area contributed by atoms with Gasteiger partial charge in [-0.2, -0.15) is 0 Å². The molecule has 0 amide bonds. The van der Waals surface area contributed by atoms with Crippen molar-refractivity contribution < 1.29 is 99.9 Å². The van der Waals surface area contributed by atoms with E-state index in [0.29, 0.717) is 32.1 Å². The molecule has 0 spiro atoms. The molecule has 0 aromatic carbocycles. The first-order valence-electron chi connectivity index (χ1n) is 23.8. The van der Waals surface area contributed by atoms with Gasteiger partial charge in [-0.05, 0) is 104 Å². The van der Waals surface area contributed by atoms with E-state index in [1.165, 1.54) is 0 Å². The van der Waals surface area contributed by atoms with Gasteiger partial charge in [-0.15, -0.1) is 0 Å². The van der Waals surface area contributed by atoms with Gasteiger partial charge in [0, 0.05) is 0 Å². The average Bonchev–Trinajstić information content (AvgIpc) is 3.57. The van der Waals surface area contributed by atoms with Crippen LogP contribution in [0, 0.1) is 52.3 Å². The summed E-state index contributed by atoms with van der Waals surface area (Å²) in [4.78, 5) is 0. The van der Waals surface area contributed by atoms with Gasteiger partial charge in [-0.25, -0.2) is 0 Å². The van der Waals surface area contributed by atoms with Crippen molar-refractivity contribution in [2.45, 2.75) is 209 Å². The van der Waals surface area contributed by atoms with Crippen LogP contribution in [0.5, 0.6) is 0 Å². The molecule has 3 saturated heterocycles. The molecule has 0 unspecified atom stereocenters. The fourth-order valence-electron chi connectivity index (χ4n) is 13.8. The minimum atomic E-state index is -1.71. The molecule has 0 radical (unpaired) electrons. The lowest BCUT2D eigenvalue weighted by Crippen LogP contribution is -2.62. The van der Waals surface area contributed by atoms with E-state index in [9.17, 15) is 71.5 Å². The molecule has 0 aromatic heterocycles. The van der Waals surface area contributed by atoms with E-state index in [1.54, 1.807) is 0 Å². The van der Waals surface area contributed by atoms with E-state index in [1.807, 2.05) is 20.8 Å². The molecule has 3 heterocycles. The number of aliphatic hydroxyl groups is 14. The van der Waals surface area contributed by atoms with Crippen LogP contribution in [0.2, 0.25) is 0 Å². The minimum Gasteiger partial charge on any atom is -0.394 e. The Hall–Kier alpha value is -0.800. The fraction of sp³-hybridized carbons (Fsp3) is 1.00. The molecule has 0 aromatic rings. The third-order valence-corrected chi connectivity index (χ3v) is 17.4. The van der Waals surface area contributed by atoms with Gasteiger partial charge in [0.1, 0.15) is 73.2 Å². The van der Waals surface area contributed by atoms with E-state index < -0.39 is 142 Å². The number of fused-ring (bicyclic) bond motifs is 5. The van der Waals surface area contributed by atoms with Crippen LogP contribution in [-0.2, 0) is 28.4 Å². The summed E-state index contributed by atoms with van der Waals surface area (Å²) in [5.41, 5.74) is -0.698. The fourth-order valence-corrected chi connectivity index (χ4v) is 13.8. The van der Waals surface area contributed by atoms with Crippen LogP contribution in [0.15, 0.2) is 0 Å². The highest BCUT2D eigenvalue weighted by atomic mass is 16.7. The summed E-state index contributed by atoms with van der Waals surface area (Å²) < 4.78 is 35.7. The van der Waals surface area contributed by atoms with Crippen molar-refractivity contribution in [3.05, 3.63) is 0 Å². The number of aliphatic hydroxyl groups excluding tert-OH is 14. The van der Waals surface area contributed by atoms with Gasteiger partial charge >= 0.3 is 0 Å². The van der Waals surface area contributed by atoms with Crippen molar-refractivity contribution in [2.75, 3.05) is 19.8 Å². The Balaban J connectivity index is 1.05. The zero-order valence-corrected chi connectivity index (χ0v) is 38.1. The van der Waals surface area contributed by atoms with Crippen LogP contribution < -0.4 is 0 Å². The predicted molar refractivity (Wildman–Crippen MR) is 223 cm³/mol. The number of hydrogen-bond donors (Lipinski definition) is 14. The molecule has 7 fully saturated rings. The van der Waals surface area contributed by atoms with Gasteiger partial charge in [-0.3, -0.25) is 0 Å². The largest absolute Gasteiger partial charge is 0.394 e. The summed E-state index contributed by atoms with van der Waals surface area (Å²) >= 11 is 0. The highest BCUT2D eigenvalue weighted by molar-refractivity contribution is 5.14. The zero-order chi connectivity index (χ0) is 47.6. The van der Waals surface area contributed by atoms with Crippen LogP contribution in [-0.4, -0.2) is 214 Å². The number of rotatable bonds is 14. The molecule has 7 aliphatic rings. The zero-order valence-electron chi connectivity index (χ0n) is 38.1. The summed E-state index contributed by atoms with van der Waals surface area (Å²) in [6, 6.07) is 0. The van der Waals surface area contributed by atoms with E-state index in [4.69, 9.17) is 28.4 Å². The molecule has 65 heavy (non-hydrogen) atoms. The molecular formula is C45H78O20. The third kappa shape index (κ3) is 9.70. The Labute approximate surface area is 380 Å². The Morgan fingerprint density at radius 1 is 0.569 bits per heavy atom. The average molecular weight is 939 g/mol. The van der Waals surface area contributed by atoms with Crippen LogP contribution in [0.1, 0.15) is 86.0 Å². The second-order valence-electron chi connectivity index (χ2n) is 21.6. The van der Waals surface area contributed by atoms with Crippen LogP contribution in [0.3, 0.4) is 0 Å². The molecule has 4 saturated carbocycles. The summed E-state index contributed by atoms with van der Waals surface area (Å²) in [6.45, 7) is 8.38. The van der Waals surface area contributed by atoms with Crippen LogP contribution in [0.25, 0.3) is 0 Å². The van der Waals surface area contributed by atoms with Gasteiger partial charge in [0.25, 0.3) is 0 Å². The lowest BCUT2D eigenvalue weighted by Gasteiger charge is -2.62. The standard InChI is InChI=1S/C45H78O20/c1-17(2)31(50)25(49)10-18(3)30-26(62-43-40(59)36(55)33(52)28(15-47)64-43)13-22-20-12-24(48)23-11-19(6-8-44(23,4)21(20)7-9-45(22,30)5)61-42-39(58)37(56)34(53)29(65-42)16-60-41-38(57)35(54)32(51)27(14-46)63-41/h17-43,46-59H,6-16H2,1-5H3/t18-,19+,20-,21+,22+,23-,24-,25-,26+,27-,28-,29-,30+,31+,32-,33-,34-,35+,36+,37+,38-,39-,40-,41-,42-,43-,44-,45+/m1/s1. The van der Waals surface area contributed by atoms with Gasteiger partial charge in [-0.1, -0.05) is 34.6 Å². The molecule has 4 aliphatic carbocycles. The van der Waals surface area contributed by atoms with Crippen LogP contribution >= 0.6 is 0 Å². The molecule has 7 rings (SSSR count). The SMILES string of the molecule is CC(C)[C@H](O)[C@H](O)C[C@@H](C)[C@H]1[C@@H](O[C@@H]2O[C@H](CO)[C@@H](O)[C@H](O)[C@H]2O)C[C@H]2[C@@H]3C[C@@H](O)[C@H]4C[C@@H](O[C@@H]5O[C@H](CO[C@@H]6O[C@H](CO)[C@@H](O)[C@H](O)[C@H]6O)[C@@H](O)[C@H](O)[C@H]5O)CC[C@]4(C)[C@H]3CC[C@]12C. The quantitative estimate of drug-likeness (QED) is 0.0764. The van der Waals surface area contributed by atoms with Crippen molar-refractivity contribution in [1.82, 2.24) is 0 Å². The Bertz CT molecular complexity index is 1540. The maximum absolute atomic E-state index is 12.1. The Morgan fingerprint density at radius 2 is 1.09 bits per heavy atom. The van der Waals surface area contributed by atoms with E-state index in [2.05, 4.69) is 13.8 Å². The summed E-state index contributed by atoms with van der Waals surface area (Å²) in [6.07, 6.45) is -22.0. The van der Waals surface area contributed by atoms with Crippen molar-refractivity contribution in [3.8, 4) is 0 Å². The third-order valence-electron chi connectivity index (χ3n) is 17.4. The normalized spacial score (nSPS) is 52.9. The molecule has 0 bridgehead atoms. The van der Waals surface area contributed by atoms with Gasteiger partial charge in [0.2, 0.25) is 0 Å². The smallest absolute Gasteiger partial charge is 0.186 e. The lowest BCUT2D eigenvalue weighted by atomic mass is 9.43. The molecule has 20 nitrogen and oxygen atoms in total. The molecule has 3 aliphatic heterocycles. The highest BCUT2D eigenvalue weighted by Gasteiger charge is 2.66. The lowest BCUT2D eigenvalue weighted by molar-refractivity contribution is -0.338. The maximum atomic E-state index is 12.1. The van der Waals surface area contributed by atoms with Crippen LogP contribution in [0.4, 0.5) is 0 Å². The van der Waals surface area contributed by atoms with Gasteiger partial charge < -0.3 is 99.9 Å². The highest BCUT2D eigenvalue weighted by Crippen LogP contribution is 2.69. The molecular weight excluding hydrogens is 860 g/mol. The maximum Gasteiger partial charge on any atom is 0.186 e. The minimum absolute atomic E-state index is 0.0259. The van der Waals surface area contributed by atoms with Gasteiger partial charge in [0.05, 0.1) is 50.3 Å². The van der Waals surface area contributed by atoms with E-state index in [0.717, 1.165) is 12.8 Å². The second-order valence-corrected chi connectivity index (χ2v) is 21.6. The number of hydrogen-bond acceptors (Lipinski definition) is 20. The summed E-state index contributed by atoms with van der Waals surface area (Å²) in [5, 5.41) is 149. The predicted octanol–water partition coefficient (Wildman–Crippen LogP) is -3.18. The summed E-state index contributed by atoms with van der Waals surface area (Å²) in [5.74, 6) is -0.512. The van der Waals surface area contributed by atoms with E-state index >= 15 is 0 Å². The van der Waals surface area contributed by atoms with Crippen molar-refractivity contribution in [2.24, 2.45) is 52.3 Å². The van der Waals surface area contributed by atoms with Crippen molar-refractivity contribution in [3.63, 3.8) is 0 Å². The van der Waals surface area contributed by atoms with Gasteiger partial charge in [0.15, 0.2) is 18.9 Å². The summed E-state index contributed by atoms with van der Waals surface area (Å²) in [7, 11) is 0. The Morgan fingerprint density at radius 3 is 1.68 bits per heavy atom. The first kappa shape index (κ1) is 52.0. The molecule has 378 valence electrons. The Kier molecular flexibility index (Phi) is 16.4. The monoisotopic (exact) mass is 939 g/mol. The topological polar surface area (TPSA) is 339 Å². The first-order valence-corrected chi connectivity index (χ1v) is 23.8. The second kappa shape index (κ2) is 20.5. The first-order chi connectivity index (χ1) is 30.6. The van der Waals surface area contributed by atoms with E-state index in [-0.39, 0.29) is 58.7 Å². The molecule has 28 atom stereocenters. The number of ether oxygens (including phenoxy) is 6.